The van der Waals surface area contributed by atoms with Crippen LogP contribution in [0.4, 0.5) is 0 Å². The minimum absolute atomic E-state index is 0.115. The van der Waals surface area contributed by atoms with E-state index in [0.717, 1.165) is 11.3 Å². The van der Waals surface area contributed by atoms with Crippen molar-refractivity contribution in [3.05, 3.63) is 77.2 Å². The lowest BCUT2D eigenvalue weighted by Gasteiger charge is -2.05. The van der Waals surface area contributed by atoms with Crippen LogP contribution in [0, 0.1) is 0 Å². The quantitative estimate of drug-likeness (QED) is 0.790. The van der Waals surface area contributed by atoms with Crippen LogP contribution in [-0.2, 0) is 0 Å². The van der Waals surface area contributed by atoms with Gasteiger partial charge in [0.05, 0.1) is 0 Å². The first kappa shape index (κ1) is 12.2. The SMILES string of the molecule is O=c1cccc(-c2ccc(Oc3ccccn3)cc2)[nH]1. The van der Waals surface area contributed by atoms with Crippen molar-refractivity contribution in [1.29, 1.82) is 0 Å². The highest BCUT2D eigenvalue weighted by molar-refractivity contribution is 5.59. The van der Waals surface area contributed by atoms with Crippen LogP contribution in [0.3, 0.4) is 0 Å². The number of H-pyrrole nitrogens is 1. The van der Waals surface area contributed by atoms with E-state index in [1.165, 1.54) is 6.07 Å². The molecule has 4 nitrogen and oxygen atoms in total. The first-order chi connectivity index (χ1) is 9.81. The van der Waals surface area contributed by atoms with Gasteiger partial charge < -0.3 is 9.72 Å². The summed E-state index contributed by atoms with van der Waals surface area (Å²) in [5, 5.41) is 0. The number of hydrogen-bond acceptors (Lipinski definition) is 3. The van der Waals surface area contributed by atoms with Gasteiger partial charge in [0, 0.05) is 24.0 Å². The summed E-state index contributed by atoms with van der Waals surface area (Å²) in [6, 6.07) is 18.0. The molecule has 0 amide bonds. The Labute approximate surface area is 115 Å². The molecule has 0 aliphatic carbocycles. The molecule has 20 heavy (non-hydrogen) atoms. The van der Waals surface area contributed by atoms with Crippen molar-refractivity contribution in [2.24, 2.45) is 0 Å². The molecule has 0 saturated heterocycles. The third kappa shape index (κ3) is 2.75. The first-order valence-electron chi connectivity index (χ1n) is 6.20. The molecule has 1 aromatic carbocycles. The molecule has 98 valence electrons. The van der Waals surface area contributed by atoms with Gasteiger partial charge in [0.2, 0.25) is 11.4 Å². The maximum atomic E-state index is 11.3. The summed E-state index contributed by atoms with van der Waals surface area (Å²) in [5.41, 5.74) is 1.59. The Morgan fingerprint density at radius 2 is 1.75 bits per heavy atom. The van der Waals surface area contributed by atoms with Gasteiger partial charge in [0.15, 0.2) is 0 Å². The maximum Gasteiger partial charge on any atom is 0.248 e. The lowest BCUT2D eigenvalue weighted by molar-refractivity contribution is 0.463. The average molecular weight is 264 g/mol. The van der Waals surface area contributed by atoms with Gasteiger partial charge in [-0.25, -0.2) is 4.98 Å². The van der Waals surface area contributed by atoms with Crippen LogP contribution in [0.2, 0.25) is 0 Å². The topological polar surface area (TPSA) is 55.0 Å². The zero-order valence-electron chi connectivity index (χ0n) is 10.6. The standard InChI is InChI=1S/C16H12N2O2/c19-15-5-3-4-14(18-15)12-7-9-13(10-8-12)20-16-6-1-2-11-17-16/h1-11H,(H,18,19). The third-order valence-corrected chi connectivity index (χ3v) is 2.79. The molecule has 0 saturated carbocycles. The molecule has 0 fully saturated rings. The highest BCUT2D eigenvalue weighted by Gasteiger charge is 2.01. The molecule has 0 spiro atoms. The van der Waals surface area contributed by atoms with E-state index in [4.69, 9.17) is 4.74 Å². The second kappa shape index (κ2) is 5.40. The molecule has 2 heterocycles. The second-order valence-electron chi connectivity index (χ2n) is 4.22. The Balaban J connectivity index is 1.83. The van der Waals surface area contributed by atoms with Crippen molar-refractivity contribution in [3.63, 3.8) is 0 Å². The molecule has 3 rings (SSSR count). The molecule has 3 aromatic rings. The van der Waals surface area contributed by atoms with Crippen molar-refractivity contribution in [1.82, 2.24) is 9.97 Å². The monoisotopic (exact) mass is 264 g/mol. The molecule has 0 bridgehead atoms. The lowest BCUT2D eigenvalue weighted by atomic mass is 10.1. The fourth-order valence-corrected chi connectivity index (χ4v) is 1.85. The summed E-state index contributed by atoms with van der Waals surface area (Å²) >= 11 is 0. The Morgan fingerprint density at radius 3 is 2.45 bits per heavy atom. The van der Waals surface area contributed by atoms with Gasteiger partial charge in [-0.15, -0.1) is 0 Å². The summed E-state index contributed by atoms with van der Waals surface area (Å²) in [6.07, 6.45) is 1.68. The van der Waals surface area contributed by atoms with Crippen LogP contribution >= 0.6 is 0 Å². The van der Waals surface area contributed by atoms with Crippen molar-refractivity contribution in [2.75, 3.05) is 0 Å². The van der Waals surface area contributed by atoms with Gasteiger partial charge >= 0.3 is 0 Å². The largest absolute Gasteiger partial charge is 0.439 e. The van der Waals surface area contributed by atoms with Crippen molar-refractivity contribution >= 4 is 0 Å². The van der Waals surface area contributed by atoms with E-state index in [9.17, 15) is 4.79 Å². The third-order valence-electron chi connectivity index (χ3n) is 2.79. The van der Waals surface area contributed by atoms with Gasteiger partial charge in [0.25, 0.3) is 0 Å². The molecule has 0 unspecified atom stereocenters. The predicted octanol–water partition coefficient (Wildman–Crippen LogP) is 3.23. The zero-order valence-corrected chi connectivity index (χ0v) is 10.6. The lowest BCUT2D eigenvalue weighted by Crippen LogP contribution is -2.03. The molecule has 0 atom stereocenters. The number of pyridine rings is 2. The number of aromatic nitrogens is 2. The van der Waals surface area contributed by atoms with E-state index in [-0.39, 0.29) is 5.56 Å². The Bertz CT molecular complexity index is 749. The molecule has 1 N–H and O–H groups in total. The van der Waals surface area contributed by atoms with Gasteiger partial charge in [-0.3, -0.25) is 4.79 Å². The summed E-state index contributed by atoms with van der Waals surface area (Å²) < 4.78 is 5.61. The van der Waals surface area contributed by atoms with E-state index in [2.05, 4.69) is 9.97 Å². The summed E-state index contributed by atoms with van der Waals surface area (Å²) in [7, 11) is 0. The zero-order chi connectivity index (χ0) is 13.8. The van der Waals surface area contributed by atoms with Gasteiger partial charge in [-0.2, -0.15) is 0 Å². The van der Waals surface area contributed by atoms with Crippen LogP contribution in [-0.4, -0.2) is 9.97 Å². The maximum absolute atomic E-state index is 11.3. The highest BCUT2D eigenvalue weighted by Crippen LogP contribution is 2.23. The fourth-order valence-electron chi connectivity index (χ4n) is 1.85. The molecule has 0 radical (unpaired) electrons. The molecule has 2 aromatic heterocycles. The molecule has 0 aliphatic rings. The van der Waals surface area contributed by atoms with Crippen LogP contribution in [0.5, 0.6) is 11.6 Å². The molecule has 0 aliphatic heterocycles. The minimum atomic E-state index is -0.115. The van der Waals surface area contributed by atoms with Gasteiger partial charge in [-0.1, -0.05) is 12.1 Å². The van der Waals surface area contributed by atoms with Crippen LogP contribution < -0.4 is 10.3 Å². The molecule has 4 heteroatoms. The normalized spacial score (nSPS) is 10.2. The van der Waals surface area contributed by atoms with Crippen molar-refractivity contribution in [3.8, 4) is 22.9 Å². The second-order valence-corrected chi connectivity index (χ2v) is 4.22. The Morgan fingerprint density at radius 1 is 0.900 bits per heavy atom. The average Bonchev–Trinajstić information content (AvgIpc) is 2.49. The van der Waals surface area contributed by atoms with Crippen LogP contribution in [0.25, 0.3) is 11.3 Å². The Kier molecular flexibility index (Phi) is 3.29. The van der Waals surface area contributed by atoms with Crippen molar-refractivity contribution in [2.45, 2.75) is 0 Å². The number of ether oxygens (including phenoxy) is 1. The first-order valence-corrected chi connectivity index (χ1v) is 6.20. The fraction of sp³-hybridized carbons (Fsp3) is 0. The number of nitrogens with one attached hydrogen (secondary N) is 1. The van der Waals surface area contributed by atoms with E-state index in [1.807, 2.05) is 42.5 Å². The number of nitrogens with zero attached hydrogens (tertiary/aromatic N) is 1. The summed E-state index contributed by atoms with van der Waals surface area (Å²) in [4.78, 5) is 18.2. The smallest absolute Gasteiger partial charge is 0.248 e. The van der Waals surface area contributed by atoms with Crippen LogP contribution in [0.15, 0.2) is 71.7 Å². The Hall–Kier alpha value is -2.88. The van der Waals surface area contributed by atoms with E-state index in [0.29, 0.717) is 11.6 Å². The van der Waals surface area contributed by atoms with E-state index >= 15 is 0 Å². The summed E-state index contributed by atoms with van der Waals surface area (Å²) in [6.45, 7) is 0. The van der Waals surface area contributed by atoms with E-state index in [1.54, 1.807) is 18.3 Å². The highest BCUT2D eigenvalue weighted by atomic mass is 16.5. The molecular formula is C16H12N2O2. The van der Waals surface area contributed by atoms with Gasteiger partial charge in [-0.05, 0) is 42.0 Å². The van der Waals surface area contributed by atoms with Crippen molar-refractivity contribution < 1.29 is 4.74 Å². The van der Waals surface area contributed by atoms with Gasteiger partial charge in [0.1, 0.15) is 5.75 Å². The number of hydrogen-bond donors (Lipinski definition) is 1. The predicted molar refractivity (Wildman–Crippen MR) is 76.8 cm³/mol. The van der Waals surface area contributed by atoms with Crippen LogP contribution in [0.1, 0.15) is 0 Å². The summed E-state index contributed by atoms with van der Waals surface area (Å²) in [5.74, 6) is 1.25. The number of benzene rings is 1. The molecular weight excluding hydrogens is 252 g/mol. The van der Waals surface area contributed by atoms with E-state index < -0.39 is 0 Å². The number of rotatable bonds is 3. The number of aromatic amines is 1. The minimum Gasteiger partial charge on any atom is -0.439 e.